The minimum Gasteiger partial charge on any atom is -0.497 e. The molecule has 1 aromatic carbocycles. The number of aryl methyl sites for hydroxylation is 1. The van der Waals surface area contributed by atoms with Crippen molar-refractivity contribution < 1.29 is 14.3 Å². The summed E-state index contributed by atoms with van der Waals surface area (Å²) in [6.07, 6.45) is 5.96. The van der Waals surface area contributed by atoms with E-state index in [2.05, 4.69) is 17.1 Å². The van der Waals surface area contributed by atoms with Crippen molar-refractivity contribution in [3.05, 3.63) is 53.7 Å². The molecule has 138 valence electrons. The third-order valence-electron chi connectivity index (χ3n) is 5.09. The summed E-state index contributed by atoms with van der Waals surface area (Å²) in [5.74, 6) is 2.16. The Balaban J connectivity index is 1.46. The van der Waals surface area contributed by atoms with E-state index in [9.17, 15) is 4.79 Å². The number of nitrogens with zero attached hydrogens (tertiary/aromatic N) is 2. The molecule has 0 N–H and O–H groups in total. The first kappa shape index (κ1) is 18.2. The Morgan fingerprint density at radius 1 is 1.08 bits per heavy atom. The summed E-state index contributed by atoms with van der Waals surface area (Å²) in [4.78, 5) is 18.6. The highest BCUT2D eigenvalue weighted by molar-refractivity contribution is 5.94. The molecule has 1 aliphatic rings. The van der Waals surface area contributed by atoms with Crippen LogP contribution in [0.3, 0.4) is 0 Å². The first-order chi connectivity index (χ1) is 12.7. The molecule has 5 nitrogen and oxygen atoms in total. The van der Waals surface area contributed by atoms with Gasteiger partial charge < -0.3 is 14.4 Å². The first-order valence-electron chi connectivity index (χ1n) is 9.12. The van der Waals surface area contributed by atoms with E-state index in [-0.39, 0.29) is 5.91 Å². The molecule has 0 bridgehead atoms. The molecule has 26 heavy (non-hydrogen) atoms. The largest absolute Gasteiger partial charge is 0.497 e. The third kappa shape index (κ3) is 4.54. The number of hydrogen-bond donors (Lipinski definition) is 0. The second kappa shape index (κ2) is 8.70. The lowest BCUT2D eigenvalue weighted by Gasteiger charge is -2.32. The fourth-order valence-corrected chi connectivity index (χ4v) is 3.40. The number of carbonyl (C=O) groups is 1. The van der Waals surface area contributed by atoms with Crippen LogP contribution < -0.4 is 9.47 Å². The molecule has 0 radical (unpaired) electrons. The van der Waals surface area contributed by atoms with Crippen molar-refractivity contribution >= 4 is 5.91 Å². The maximum absolute atomic E-state index is 12.6. The van der Waals surface area contributed by atoms with Gasteiger partial charge in [-0.1, -0.05) is 12.1 Å². The van der Waals surface area contributed by atoms with Gasteiger partial charge in [0.05, 0.1) is 19.8 Å². The van der Waals surface area contributed by atoms with Crippen molar-refractivity contribution in [2.24, 2.45) is 5.92 Å². The van der Waals surface area contributed by atoms with Gasteiger partial charge in [-0.3, -0.25) is 4.79 Å². The lowest BCUT2D eigenvalue weighted by atomic mass is 9.90. The quantitative estimate of drug-likeness (QED) is 0.796. The van der Waals surface area contributed by atoms with E-state index >= 15 is 0 Å². The van der Waals surface area contributed by atoms with Gasteiger partial charge in [-0.2, -0.15) is 0 Å². The predicted molar refractivity (Wildman–Crippen MR) is 101 cm³/mol. The van der Waals surface area contributed by atoms with Crippen molar-refractivity contribution in [3.8, 4) is 11.6 Å². The molecular weight excluding hydrogens is 328 g/mol. The molecule has 5 heteroatoms. The Kier molecular flexibility index (Phi) is 6.10. The van der Waals surface area contributed by atoms with E-state index in [0.29, 0.717) is 17.4 Å². The molecule has 0 spiro atoms. The number of methoxy groups -OCH3 is 2. The first-order valence-corrected chi connectivity index (χ1v) is 9.12. The average Bonchev–Trinajstić information content (AvgIpc) is 2.72. The number of aromatic nitrogens is 1. The molecule has 1 aromatic heterocycles. The van der Waals surface area contributed by atoms with Crippen LogP contribution in [0, 0.1) is 5.92 Å². The summed E-state index contributed by atoms with van der Waals surface area (Å²) >= 11 is 0. The van der Waals surface area contributed by atoms with E-state index in [0.717, 1.165) is 38.1 Å². The average molecular weight is 354 g/mol. The number of rotatable bonds is 6. The zero-order valence-electron chi connectivity index (χ0n) is 15.5. The molecule has 1 aliphatic heterocycles. The van der Waals surface area contributed by atoms with Crippen LogP contribution in [-0.4, -0.2) is 43.1 Å². The van der Waals surface area contributed by atoms with E-state index in [1.54, 1.807) is 32.5 Å². The minimum atomic E-state index is 0.0637. The molecule has 0 unspecified atom stereocenters. The fraction of sp³-hybridized carbons (Fsp3) is 0.429. The molecule has 2 aromatic rings. The molecule has 0 atom stereocenters. The summed E-state index contributed by atoms with van der Waals surface area (Å²) in [7, 11) is 3.26. The van der Waals surface area contributed by atoms with Gasteiger partial charge in [0.15, 0.2) is 0 Å². The lowest BCUT2D eigenvalue weighted by molar-refractivity contribution is 0.0686. The van der Waals surface area contributed by atoms with Crippen LogP contribution in [0.5, 0.6) is 11.6 Å². The van der Waals surface area contributed by atoms with Crippen LogP contribution in [0.2, 0.25) is 0 Å². The van der Waals surface area contributed by atoms with Crippen molar-refractivity contribution in [3.63, 3.8) is 0 Å². The maximum atomic E-state index is 12.6. The SMILES string of the molecule is COc1ccc(CCC2CCN(C(=O)c3ccc(OC)nc3)CC2)cc1. The smallest absolute Gasteiger partial charge is 0.255 e. The van der Waals surface area contributed by atoms with Gasteiger partial charge in [0.25, 0.3) is 5.91 Å². The number of pyridine rings is 1. The Morgan fingerprint density at radius 3 is 2.38 bits per heavy atom. The second-order valence-electron chi connectivity index (χ2n) is 6.71. The van der Waals surface area contributed by atoms with Gasteiger partial charge in [-0.15, -0.1) is 0 Å². The summed E-state index contributed by atoms with van der Waals surface area (Å²) < 4.78 is 10.2. The van der Waals surface area contributed by atoms with Gasteiger partial charge in [-0.05, 0) is 55.4 Å². The maximum Gasteiger partial charge on any atom is 0.255 e. The van der Waals surface area contributed by atoms with E-state index in [4.69, 9.17) is 9.47 Å². The Bertz CT molecular complexity index is 705. The lowest BCUT2D eigenvalue weighted by Crippen LogP contribution is -2.38. The number of carbonyl (C=O) groups excluding carboxylic acids is 1. The number of ether oxygens (including phenoxy) is 2. The normalized spacial score (nSPS) is 14.9. The Labute approximate surface area is 155 Å². The Morgan fingerprint density at radius 2 is 1.81 bits per heavy atom. The Hall–Kier alpha value is -2.56. The number of piperidine rings is 1. The van der Waals surface area contributed by atoms with Crippen LogP contribution in [0.4, 0.5) is 0 Å². The van der Waals surface area contributed by atoms with Gasteiger partial charge in [-0.25, -0.2) is 4.98 Å². The highest BCUT2D eigenvalue weighted by atomic mass is 16.5. The van der Waals surface area contributed by atoms with Crippen LogP contribution in [0.25, 0.3) is 0 Å². The highest BCUT2D eigenvalue weighted by Gasteiger charge is 2.23. The van der Waals surface area contributed by atoms with Crippen LogP contribution >= 0.6 is 0 Å². The van der Waals surface area contributed by atoms with Crippen molar-refractivity contribution in [1.29, 1.82) is 0 Å². The topological polar surface area (TPSA) is 51.7 Å². The molecule has 1 saturated heterocycles. The number of hydrogen-bond acceptors (Lipinski definition) is 4. The van der Waals surface area contributed by atoms with Gasteiger partial charge in [0, 0.05) is 25.4 Å². The molecule has 0 saturated carbocycles. The molecule has 3 rings (SSSR count). The van der Waals surface area contributed by atoms with Crippen molar-refractivity contribution in [1.82, 2.24) is 9.88 Å². The second-order valence-corrected chi connectivity index (χ2v) is 6.71. The van der Waals surface area contributed by atoms with Gasteiger partial charge >= 0.3 is 0 Å². The van der Waals surface area contributed by atoms with Crippen molar-refractivity contribution in [2.45, 2.75) is 25.7 Å². The summed E-state index contributed by atoms with van der Waals surface area (Å²) in [6.45, 7) is 1.64. The van der Waals surface area contributed by atoms with E-state index in [1.807, 2.05) is 17.0 Å². The van der Waals surface area contributed by atoms with E-state index < -0.39 is 0 Å². The molecule has 1 amide bonds. The van der Waals surface area contributed by atoms with Gasteiger partial charge in [0.1, 0.15) is 5.75 Å². The predicted octanol–water partition coefficient (Wildman–Crippen LogP) is 3.58. The van der Waals surface area contributed by atoms with Crippen molar-refractivity contribution in [2.75, 3.05) is 27.3 Å². The number of benzene rings is 1. The van der Waals surface area contributed by atoms with Gasteiger partial charge in [0.2, 0.25) is 5.88 Å². The number of amides is 1. The molecular formula is C21H26N2O3. The molecule has 2 heterocycles. The standard InChI is InChI=1S/C21H26N2O3/c1-25-19-8-5-16(6-9-19)3-4-17-11-13-23(14-12-17)21(24)18-7-10-20(26-2)22-15-18/h5-10,15,17H,3-4,11-14H2,1-2H3. The monoisotopic (exact) mass is 354 g/mol. The third-order valence-corrected chi connectivity index (χ3v) is 5.09. The molecule has 0 aliphatic carbocycles. The summed E-state index contributed by atoms with van der Waals surface area (Å²) in [5.41, 5.74) is 1.97. The van der Waals surface area contributed by atoms with Crippen LogP contribution in [0.15, 0.2) is 42.6 Å². The van der Waals surface area contributed by atoms with Crippen LogP contribution in [0.1, 0.15) is 35.2 Å². The summed E-state index contributed by atoms with van der Waals surface area (Å²) in [6, 6.07) is 11.8. The zero-order chi connectivity index (χ0) is 18.4. The summed E-state index contributed by atoms with van der Waals surface area (Å²) in [5, 5.41) is 0. The molecule has 1 fully saturated rings. The fourth-order valence-electron chi connectivity index (χ4n) is 3.40. The number of likely N-dealkylation sites (tertiary alicyclic amines) is 1. The highest BCUT2D eigenvalue weighted by Crippen LogP contribution is 2.24. The zero-order valence-corrected chi connectivity index (χ0v) is 15.5. The van der Waals surface area contributed by atoms with Crippen LogP contribution in [-0.2, 0) is 6.42 Å². The van der Waals surface area contributed by atoms with E-state index in [1.165, 1.54) is 12.0 Å². The minimum absolute atomic E-state index is 0.0637.